The lowest BCUT2D eigenvalue weighted by molar-refractivity contribution is -0.116. The lowest BCUT2D eigenvalue weighted by atomic mass is 9.49. The molecule has 3 saturated carbocycles. The molecule has 0 aromatic heterocycles. The molecule has 30 heavy (non-hydrogen) atoms. The van der Waals surface area contributed by atoms with Crippen molar-refractivity contribution in [2.75, 3.05) is 0 Å². The highest BCUT2D eigenvalue weighted by Crippen LogP contribution is 2.63. The molecule has 2 nitrogen and oxygen atoms in total. The van der Waals surface area contributed by atoms with Gasteiger partial charge in [-0.3, -0.25) is 9.59 Å². The molecule has 6 atom stereocenters. The second kappa shape index (κ2) is 7.52. The van der Waals surface area contributed by atoms with Crippen molar-refractivity contribution >= 4 is 11.6 Å². The van der Waals surface area contributed by atoms with Gasteiger partial charge < -0.3 is 0 Å². The molecule has 2 heteroatoms. The van der Waals surface area contributed by atoms with Gasteiger partial charge in [0, 0.05) is 23.5 Å². The number of allylic oxidation sites excluding steroid dienone is 1. The summed E-state index contributed by atoms with van der Waals surface area (Å²) in [5.41, 5.74) is 3.60. The van der Waals surface area contributed by atoms with Crippen LogP contribution in [0.15, 0.2) is 35.9 Å². The van der Waals surface area contributed by atoms with Crippen LogP contribution in [0.2, 0.25) is 0 Å². The van der Waals surface area contributed by atoms with E-state index in [-0.39, 0.29) is 5.78 Å². The second-order valence-electron chi connectivity index (χ2n) is 10.5. The number of ketones is 2. The lowest BCUT2D eigenvalue weighted by Gasteiger charge is -2.55. The van der Waals surface area contributed by atoms with Crippen LogP contribution in [0, 0.1) is 46.8 Å². The summed E-state index contributed by atoms with van der Waals surface area (Å²) in [6.45, 7) is 4.12. The predicted octanol–water partition coefficient (Wildman–Crippen LogP) is 6.00. The predicted molar refractivity (Wildman–Crippen MR) is 119 cm³/mol. The first-order valence-electron chi connectivity index (χ1n) is 11.8. The third-order valence-electron chi connectivity index (χ3n) is 8.77. The maximum Gasteiger partial charge on any atom is 0.159 e. The smallest absolute Gasteiger partial charge is 0.159 e. The molecular formula is C28H32O2. The van der Waals surface area contributed by atoms with Gasteiger partial charge in [0.25, 0.3) is 0 Å². The Hall–Kier alpha value is -2.14. The zero-order valence-electron chi connectivity index (χ0n) is 18.2. The van der Waals surface area contributed by atoms with Crippen molar-refractivity contribution in [3.63, 3.8) is 0 Å². The Morgan fingerprint density at radius 1 is 1.10 bits per heavy atom. The van der Waals surface area contributed by atoms with Crippen molar-refractivity contribution in [1.29, 1.82) is 0 Å². The fourth-order valence-corrected chi connectivity index (χ4v) is 7.43. The molecule has 4 aliphatic carbocycles. The maximum absolute atomic E-state index is 12.1. The average Bonchev–Trinajstić information content (AvgIpc) is 3.13. The van der Waals surface area contributed by atoms with Crippen molar-refractivity contribution in [2.45, 2.75) is 65.2 Å². The van der Waals surface area contributed by atoms with Crippen LogP contribution in [0.1, 0.15) is 81.1 Å². The van der Waals surface area contributed by atoms with E-state index in [9.17, 15) is 9.59 Å². The third kappa shape index (κ3) is 3.37. The van der Waals surface area contributed by atoms with Crippen molar-refractivity contribution in [3.05, 3.63) is 47.0 Å². The van der Waals surface area contributed by atoms with Crippen LogP contribution in [0.25, 0.3) is 0 Å². The minimum absolute atomic E-state index is 0.0956. The molecule has 1 aromatic carbocycles. The van der Waals surface area contributed by atoms with Crippen LogP contribution in [0.5, 0.6) is 0 Å². The minimum atomic E-state index is 0.0956. The van der Waals surface area contributed by atoms with E-state index in [4.69, 9.17) is 0 Å². The van der Waals surface area contributed by atoms with E-state index < -0.39 is 0 Å². The number of hydrogen-bond donors (Lipinski definition) is 0. The lowest BCUT2D eigenvalue weighted by Crippen LogP contribution is -2.48. The first-order valence-corrected chi connectivity index (χ1v) is 11.8. The van der Waals surface area contributed by atoms with Gasteiger partial charge in [-0.15, -0.1) is 0 Å². The quantitative estimate of drug-likeness (QED) is 0.428. The standard InChI is InChI=1S/C28H32O2/c1-18(29)20-8-5-19(6-9-20)7-10-22-17-28(2)15-3-4-26(28)25-13-11-21-16-23(30)12-14-24(21)27(22)25/h5-6,8-9,16,22,24-27H,3-4,11-15,17H2,1-2H3/t22-,24-,25-,26-,27+,28-/m0/s1. The van der Waals surface area contributed by atoms with Gasteiger partial charge in [0.05, 0.1) is 0 Å². The largest absolute Gasteiger partial charge is 0.295 e. The summed E-state index contributed by atoms with van der Waals surface area (Å²) in [6.07, 6.45) is 11.4. The molecule has 0 aliphatic heterocycles. The van der Waals surface area contributed by atoms with Gasteiger partial charge in [0.2, 0.25) is 0 Å². The monoisotopic (exact) mass is 400 g/mol. The number of Topliss-reactive ketones (excluding diaryl/α,β-unsaturated/α-hetero) is 1. The molecule has 0 saturated heterocycles. The summed E-state index contributed by atoms with van der Waals surface area (Å²) in [7, 11) is 0. The van der Waals surface area contributed by atoms with Crippen LogP contribution in [0.3, 0.4) is 0 Å². The summed E-state index contributed by atoms with van der Waals surface area (Å²) in [5, 5.41) is 0. The van der Waals surface area contributed by atoms with E-state index in [0.29, 0.717) is 35.4 Å². The Labute approximate surface area is 180 Å². The number of rotatable bonds is 1. The minimum Gasteiger partial charge on any atom is -0.295 e. The molecule has 0 unspecified atom stereocenters. The Morgan fingerprint density at radius 3 is 2.67 bits per heavy atom. The highest BCUT2D eigenvalue weighted by molar-refractivity contribution is 5.94. The molecule has 5 rings (SSSR count). The average molecular weight is 401 g/mol. The summed E-state index contributed by atoms with van der Waals surface area (Å²) in [4.78, 5) is 23.6. The molecule has 0 radical (unpaired) electrons. The Morgan fingerprint density at radius 2 is 1.90 bits per heavy atom. The summed E-state index contributed by atoms with van der Waals surface area (Å²) >= 11 is 0. The molecule has 4 aliphatic rings. The Balaban J connectivity index is 1.48. The fraction of sp³-hybridized carbons (Fsp3) is 0.571. The Kier molecular flexibility index (Phi) is 4.97. The van der Waals surface area contributed by atoms with Crippen LogP contribution in [-0.4, -0.2) is 11.6 Å². The van der Waals surface area contributed by atoms with Gasteiger partial charge in [-0.2, -0.15) is 0 Å². The summed E-state index contributed by atoms with van der Waals surface area (Å²) in [5.74, 6) is 10.8. The zero-order chi connectivity index (χ0) is 20.9. The van der Waals surface area contributed by atoms with Crippen LogP contribution < -0.4 is 0 Å². The van der Waals surface area contributed by atoms with Gasteiger partial charge in [-0.25, -0.2) is 0 Å². The van der Waals surface area contributed by atoms with Crippen LogP contribution in [-0.2, 0) is 4.79 Å². The Bertz CT molecular complexity index is 957. The number of benzene rings is 1. The number of hydrogen-bond acceptors (Lipinski definition) is 2. The third-order valence-corrected chi connectivity index (χ3v) is 8.77. The topological polar surface area (TPSA) is 34.1 Å². The van der Waals surface area contributed by atoms with E-state index in [1.165, 1.54) is 37.7 Å². The molecule has 0 spiro atoms. The van der Waals surface area contributed by atoms with Crippen molar-refractivity contribution < 1.29 is 9.59 Å². The van der Waals surface area contributed by atoms with E-state index in [1.54, 1.807) is 6.92 Å². The summed E-state index contributed by atoms with van der Waals surface area (Å²) in [6, 6.07) is 7.74. The zero-order valence-corrected chi connectivity index (χ0v) is 18.2. The molecule has 0 amide bonds. The van der Waals surface area contributed by atoms with Crippen LogP contribution in [0.4, 0.5) is 0 Å². The molecule has 3 fully saturated rings. The van der Waals surface area contributed by atoms with E-state index in [1.807, 2.05) is 30.3 Å². The second-order valence-corrected chi connectivity index (χ2v) is 10.5. The molecule has 1 aromatic rings. The van der Waals surface area contributed by atoms with E-state index in [0.717, 1.165) is 35.8 Å². The van der Waals surface area contributed by atoms with E-state index in [2.05, 4.69) is 18.8 Å². The van der Waals surface area contributed by atoms with Crippen molar-refractivity contribution in [3.8, 4) is 11.8 Å². The first-order chi connectivity index (χ1) is 14.4. The highest BCUT2D eigenvalue weighted by atomic mass is 16.1. The molecular weight excluding hydrogens is 368 g/mol. The number of carbonyl (C=O) groups excluding carboxylic acids is 2. The fourth-order valence-electron chi connectivity index (χ4n) is 7.43. The highest BCUT2D eigenvalue weighted by Gasteiger charge is 2.55. The van der Waals surface area contributed by atoms with Crippen molar-refractivity contribution in [2.24, 2.45) is 35.0 Å². The maximum atomic E-state index is 12.1. The van der Waals surface area contributed by atoms with E-state index >= 15 is 0 Å². The van der Waals surface area contributed by atoms with Crippen LogP contribution >= 0.6 is 0 Å². The first kappa shape index (κ1) is 19.8. The van der Waals surface area contributed by atoms with Gasteiger partial charge in [0.1, 0.15) is 0 Å². The van der Waals surface area contributed by atoms with Gasteiger partial charge in [-0.1, -0.05) is 42.9 Å². The summed E-state index contributed by atoms with van der Waals surface area (Å²) < 4.78 is 0. The van der Waals surface area contributed by atoms with Crippen molar-refractivity contribution in [1.82, 2.24) is 0 Å². The molecule has 156 valence electrons. The van der Waals surface area contributed by atoms with Gasteiger partial charge in [0.15, 0.2) is 11.6 Å². The number of carbonyl (C=O) groups is 2. The van der Waals surface area contributed by atoms with Gasteiger partial charge >= 0.3 is 0 Å². The SMILES string of the molecule is CC(=O)c1ccc(C#C[C@H]2C[C@]3(C)CCC[C@H]3[C@@H]3CCC4=CC(=O)CC[C@@H]4[C@H]32)cc1. The molecule has 0 heterocycles. The normalized spacial score (nSPS) is 37.2. The number of fused-ring (bicyclic) bond motifs is 5. The molecule has 0 N–H and O–H groups in total. The van der Waals surface area contributed by atoms with Gasteiger partial charge in [-0.05, 0) is 92.7 Å². The molecule has 0 bridgehead atoms.